The van der Waals surface area contributed by atoms with Gasteiger partial charge in [0.1, 0.15) is 5.60 Å². The molecule has 2 aromatic carbocycles. The summed E-state index contributed by atoms with van der Waals surface area (Å²) in [6, 6.07) is 19.8. The monoisotopic (exact) mass is 528 g/mol. The number of ether oxygens (including phenoxy) is 1. The Morgan fingerprint density at radius 3 is 1.51 bits per heavy atom. The van der Waals surface area contributed by atoms with Crippen LogP contribution in [0.2, 0.25) is 0 Å². The molecule has 4 aliphatic heterocycles. The van der Waals surface area contributed by atoms with Gasteiger partial charge in [0.05, 0.1) is 23.3 Å². The molecular weight excluding hydrogens is 488 g/mol. The Balaban J connectivity index is 0.000000180. The number of amides is 1. The summed E-state index contributed by atoms with van der Waals surface area (Å²) >= 11 is 0. The van der Waals surface area contributed by atoms with Gasteiger partial charge in [-0.05, 0) is 69.3 Å². The van der Waals surface area contributed by atoms with Crippen LogP contribution in [-0.4, -0.2) is 69.0 Å². The Morgan fingerprint density at radius 1 is 0.769 bits per heavy atom. The Hall–Kier alpha value is -3.75. The quantitative estimate of drug-likeness (QED) is 0.608. The highest BCUT2D eigenvalue weighted by Gasteiger charge is 2.54. The maximum atomic E-state index is 12.0. The molecule has 4 fully saturated rings. The van der Waals surface area contributed by atoms with E-state index in [0.717, 1.165) is 50.5 Å². The maximum absolute atomic E-state index is 12.0. The number of hydrogen-bond donors (Lipinski definition) is 1. The fraction of sp³-hybridized carbons (Fsp3) is 0.516. The molecule has 0 aromatic heterocycles. The van der Waals surface area contributed by atoms with Crippen molar-refractivity contribution in [3.63, 3.8) is 0 Å². The molecule has 6 rings (SSSR count). The van der Waals surface area contributed by atoms with Gasteiger partial charge in [0.2, 0.25) is 0 Å². The summed E-state index contributed by atoms with van der Waals surface area (Å²) in [4.78, 5) is 18.4. The van der Waals surface area contributed by atoms with Crippen molar-refractivity contribution in [3.05, 3.63) is 59.7 Å². The van der Waals surface area contributed by atoms with Gasteiger partial charge in [-0.1, -0.05) is 13.8 Å². The highest BCUT2D eigenvalue weighted by Crippen LogP contribution is 2.42. The molecule has 0 aliphatic carbocycles. The molecule has 206 valence electrons. The number of anilines is 2. The van der Waals surface area contributed by atoms with Crippen LogP contribution >= 0.6 is 0 Å². The highest BCUT2D eigenvalue weighted by molar-refractivity contribution is 5.70. The van der Waals surface area contributed by atoms with Gasteiger partial charge in [0, 0.05) is 74.6 Å². The average Bonchev–Trinajstić information content (AvgIpc) is 2.82. The largest absolute Gasteiger partial charge is 0.444 e. The zero-order valence-corrected chi connectivity index (χ0v) is 23.8. The van der Waals surface area contributed by atoms with Crippen LogP contribution in [0.3, 0.4) is 0 Å². The molecular formula is C31H40N6O2. The van der Waals surface area contributed by atoms with Gasteiger partial charge < -0.3 is 24.8 Å². The molecule has 0 atom stereocenters. The summed E-state index contributed by atoms with van der Waals surface area (Å²) in [7, 11) is 0. The molecule has 4 heterocycles. The van der Waals surface area contributed by atoms with Gasteiger partial charge in [0.15, 0.2) is 0 Å². The summed E-state index contributed by atoms with van der Waals surface area (Å²) in [6.07, 6.45) is -0.213. The Bertz CT molecular complexity index is 1210. The van der Waals surface area contributed by atoms with E-state index in [-0.39, 0.29) is 11.5 Å². The van der Waals surface area contributed by atoms with Gasteiger partial charge in [0.25, 0.3) is 0 Å². The number of likely N-dealkylation sites (tertiary alicyclic amines) is 1. The van der Waals surface area contributed by atoms with Crippen molar-refractivity contribution in [1.29, 1.82) is 10.5 Å². The number of carbonyl (C=O) groups excluding carboxylic acids is 1. The molecule has 1 amide bonds. The second kappa shape index (κ2) is 11.2. The summed E-state index contributed by atoms with van der Waals surface area (Å²) in [5, 5.41) is 20.8. The van der Waals surface area contributed by atoms with Crippen LogP contribution in [0.5, 0.6) is 0 Å². The Morgan fingerprint density at radius 2 is 1.18 bits per heavy atom. The van der Waals surface area contributed by atoms with E-state index >= 15 is 0 Å². The van der Waals surface area contributed by atoms with Crippen LogP contribution in [0.1, 0.15) is 45.7 Å². The Kier molecular flexibility index (Phi) is 8.09. The lowest BCUT2D eigenvalue weighted by Crippen LogP contribution is -2.73. The van der Waals surface area contributed by atoms with Crippen LogP contribution in [0, 0.1) is 33.5 Å². The summed E-state index contributed by atoms with van der Waals surface area (Å²) < 4.78 is 5.38. The first kappa shape index (κ1) is 28.3. The van der Waals surface area contributed by atoms with Crippen molar-refractivity contribution in [2.75, 3.05) is 62.2 Å². The molecule has 8 heteroatoms. The molecule has 4 aliphatic rings. The van der Waals surface area contributed by atoms with Crippen molar-refractivity contribution in [1.82, 2.24) is 10.2 Å². The van der Waals surface area contributed by atoms with Gasteiger partial charge in [-0.2, -0.15) is 10.5 Å². The lowest BCUT2D eigenvalue weighted by Gasteiger charge is -2.60. The normalized spacial score (nSPS) is 19.3. The van der Waals surface area contributed by atoms with Gasteiger partial charge in [-0.25, -0.2) is 4.79 Å². The van der Waals surface area contributed by atoms with Gasteiger partial charge in [-0.15, -0.1) is 0 Å². The van der Waals surface area contributed by atoms with E-state index in [9.17, 15) is 4.79 Å². The maximum Gasteiger partial charge on any atom is 0.410 e. The SMILES string of the molecule is CC.CC(C)(C)OC(=O)N1CC2(C1)CN(c1ccc(C#N)cc1)C2.N#Cc1ccc(N2CC3(CNC3)C2)cc1. The number of nitrogens with one attached hydrogen (secondary N) is 1. The van der Waals surface area contributed by atoms with Crippen molar-refractivity contribution in [3.8, 4) is 12.1 Å². The van der Waals surface area contributed by atoms with Crippen molar-refractivity contribution in [2.45, 2.75) is 40.2 Å². The first-order valence-corrected chi connectivity index (χ1v) is 13.8. The molecule has 1 N–H and O–H groups in total. The minimum atomic E-state index is -0.437. The molecule has 0 radical (unpaired) electrons. The molecule has 8 nitrogen and oxygen atoms in total. The lowest BCUT2D eigenvalue weighted by molar-refractivity contribution is -0.0453. The third kappa shape index (κ3) is 6.29. The molecule has 0 unspecified atom stereocenters. The number of nitriles is 2. The summed E-state index contributed by atoms with van der Waals surface area (Å²) in [5.41, 5.74) is 4.15. The van der Waals surface area contributed by atoms with Crippen molar-refractivity contribution < 1.29 is 9.53 Å². The number of hydrogen-bond acceptors (Lipinski definition) is 7. The first-order valence-electron chi connectivity index (χ1n) is 13.8. The minimum absolute atomic E-state index is 0.213. The van der Waals surface area contributed by atoms with Crippen molar-refractivity contribution >= 4 is 17.5 Å². The molecule has 2 aromatic rings. The van der Waals surface area contributed by atoms with Crippen LogP contribution < -0.4 is 15.1 Å². The van der Waals surface area contributed by atoms with Crippen LogP contribution in [0.15, 0.2) is 48.5 Å². The number of benzene rings is 2. The third-order valence-electron chi connectivity index (χ3n) is 7.53. The molecule has 4 saturated heterocycles. The number of rotatable bonds is 2. The zero-order valence-electron chi connectivity index (χ0n) is 23.8. The average molecular weight is 529 g/mol. The minimum Gasteiger partial charge on any atom is -0.444 e. The fourth-order valence-corrected chi connectivity index (χ4v) is 5.51. The van der Waals surface area contributed by atoms with Crippen LogP contribution in [0.25, 0.3) is 0 Å². The summed E-state index contributed by atoms with van der Waals surface area (Å²) in [6.45, 7) is 17.8. The van der Waals surface area contributed by atoms with E-state index in [0.29, 0.717) is 11.0 Å². The fourth-order valence-electron chi connectivity index (χ4n) is 5.51. The highest BCUT2D eigenvalue weighted by atomic mass is 16.6. The van der Waals surface area contributed by atoms with Gasteiger partial charge in [-0.3, -0.25) is 0 Å². The van der Waals surface area contributed by atoms with Crippen molar-refractivity contribution in [2.24, 2.45) is 10.8 Å². The third-order valence-corrected chi connectivity index (χ3v) is 7.53. The standard InChI is InChI=1S/C17H21N3O2.C12H13N3.C2H6/c1-16(2,3)22-15(21)20-11-17(12-20)9-19(10-17)14-6-4-13(8-18)5-7-14;13-5-10-1-3-11(4-2-10)15-8-12(9-15)6-14-7-12;1-2/h4-7H,9-12H2,1-3H3;1-4,14H,6-9H2;1-2H3. The number of carbonyl (C=O) groups is 1. The summed E-state index contributed by atoms with van der Waals surface area (Å²) in [5.74, 6) is 0. The second-order valence-corrected chi connectivity index (χ2v) is 12.0. The van der Waals surface area contributed by atoms with E-state index in [1.165, 1.54) is 18.8 Å². The van der Waals surface area contributed by atoms with E-state index < -0.39 is 5.60 Å². The second-order valence-electron chi connectivity index (χ2n) is 12.0. The predicted octanol–water partition coefficient (Wildman–Crippen LogP) is 4.61. The molecule has 0 saturated carbocycles. The van der Waals surface area contributed by atoms with E-state index in [4.69, 9.17) is 15.3 Å². The Labute approximate surface area is 232 Å². The lowest BCUT2D eigenvalue weighted by atomic mass is 9.73. The van der Waals surface area contributed by atoms with E-state index in [1.54, 1.807) is 4.90 Å². The molecule has 0 bridgehead atoms. The zero-order chi connectivity index (χ0) is 28.3. The van der Waals surface area contributed by atoms with Crippen LogP contribution in [0.4, 0.5) is 16.2 Å². The topological polar surface area (TPSA) is 95.6 Å². The molecule has 39 heavy (non-hydrogen) atoms. The number of nitrogens with zero attached hydrogens (tertiary/aromatic N) is 5. The smallest absolute Gasteiger partial charge is 0.410 e. The van der Waals surface area contributed by atoms with E-state index in [2.05, 4.69) is 27.3 Å². The molecule has 2 spiro atoms. The van der Waals surface area contributed by atoms with Gasteiger partial charge >= 0.3 is 6.09 Å². The van der Waals surface area contributed by atoms with Crippen LogP contribution in [-0.2, 0) is 4.74 Å². The predicted molar refractivity (Wildman–Crippen MR) is 154 cm³/mol. The van der Waals surface area contributed by atoms with E-state index in [1.807, 2.05) is 83.1 Å². The first-order chi connectivity index (χ1) is 18.6.